The Bertz CT molecular complexity index is 333. The Labute approximate surface area is 114 Å². The maximum atomic E-state index is 11.9. The molecular weight excluding hydrogens is 244 g/mol. The molecule has 108 valence electrons. The van der Waals surface area contributed by atoms with Gasteiger partial charge in [0.05, 0.1) is 13.2 Å². The van der Waals surface area contributed by atoms with E-state index in [-0.39, 0.29) is 11.8 Å². The fourth-order valence-electron chi connectivity index (χ4n) is 3.29. The molecule has 2 atom stereocenters. The first-order valence-electron chi connectivity index (χ1n) is 7.24. The number of carbonyl (C=O) groups excluding carboxylic acids is 2. The van der Waals surface area contributed by atoms with Gasteiger partial charge in [0.2, 0.25) is 5.91 Å². The first kappa shape index (κ1) is 14.5. The van der Waals surface area contributed by atoms with Crippen LogP contribution in [0.4, 0.5) is 0 Å². The number of hydrogen-bond donors (Lipinski definition) is 1. The molecule has 5 nitrogen and oxygen atoms in total. The lowest BCUT2D eigenvalue weighted by molar-refractivity contribution is -0.126. The second-order valence-electron chi connectivity index (χ2n) is 5.49. The van der Waals surface area contributed by atoms with Gasteiger partial charge >= 0.3 is 0 Å². The monoisotopic (exact) mass is 268 g/mol. The molecule has 1 saturated carbocycles. The molecule has 0 spiro atoms. The van der Waals surface area contributed by atoms with Gasteiger partial charge in [-0.15, -0.1) is 0 Å². The third kappa shape index (κ3) is 3.76. The van der Waals surface area contributed by atoms with Crippen molar-refractivity contribution in [2.75, 3.05) is 33.4 Å². The van der Waals surface area contributed by atoms with Crippen LogP contribution in [-0.2, 0) is 14.3 Å². The molecule has 0 radical (unpaired) electrons. The van der Waals surface area contributed by atoms with E-state index in [9.17, 15) is 9.59 Å². The highest BCUT2D eigenvalue weighted by Crippen LogP contribution is 2.32. The fraction of sp³-hybridized carbons (Fsp3) is 0.857. The van der Waals surface area contributed by atoms with Gasteiger partial charge in [-0.25, -0.2) is 0 Å². The number of amides is 1. The molecule has 2 aliphatic rings. The number of ketones is 1. The minimum atomic E-state index is 0.0365. The van der Waals surface area contributed by atoms with E-state index in [1.165, 1.54) is 0 Å². The van der Waals surface area contributed by atoms with Gasteiger partial charge in [-0.3, -0.25) is 14.5 Å². The summed E-state index contributed by atoms with van der Waals surface area (Å²) >= 11 is 0. The fourth-order valence-corrected chi connectivity index (χ4v) is 3.29. The molecule has 2 unspecified atom stereocenters. The summed E-state index contributed by atoms with van der Waals surface area (Å²) in [5.74, 6) is 0.611. The van der Waals surface area contributed by atoms with Gasteiger partial charge in [-0.2, -0.15) is 0 Å². The van der Waals surface area contributed by atoms with Crippen LogP contribution in [0.5, 0.6) is 0 Å². The number of rotatable bonds is 6. The first-order chi connectivity index (χ1) is 9.22. The Morgan fingerprint density at radius 2 is 2.26 bits per heavy atom. The van der Waals surface area contributed by atoms with Crippen molar-refractivity contribution in [2.45, 2.75) is 38.1 Å². The summed E-state index contributed by atoms with van der Waals surface area (Å²) in [6.45, 7) is 2.44. The smallest absolute Gasteiger partial charge is 0.234 e. The van der Waals surface area contributed by atoms with E-state index < -0.39 is 0 Å². The summed E-state index contributed by atoms with van der Waals surface area (Å²) in [5.41, 5.74) is 0. The minimum Gasteiger partial charge on any atom is -0.383 e. The molecular formula is C14H24N2O3. The molecule has 2 rings (SSSR count). The zero-order valence-electron chi connectivity index (χ0n) is 11.7. The Balaban J connectivity index is 1.81. The molecule has 1 aliphatic carbocycles. The molecule has 1 N–H and O–H groups in total. The van der Waals surface area contributed by atoms with E-state index in [1.54, 1.807) is 7.11 Å². The van der Waals surface area contributed by atoms with Crippen molar-refractivity contribution in [3.05, 3.63) is 0 Å². The van der Waals surface area contributed by atoms with Crippen LogP contribution < -0.4 is 5.32 Å². The lowest BCUT2D eigenvalue weighted by Gasteiger charge is -2.27. The van der Waals surface area contributed by atoms with Crippen molar-refractivity contribution >= 4 is 11.7 Å². The normalized spacial score (nSPS) is 27.9. The van der Waals surface area contributed by atoms with Crippen LogP contribution in [-0.4, -0.2) is 56.0 Å². The summed E-state index contributed by atoms with van der Waals surface area (Å²) in [7, 11) is 1.62. The Morgan fingerprint density at radius 3 is 2.95 bits per heavy atom. The predicted molar refractivity (Wildman–Crippen MR) is 71.8 cm³/mol. The molecule has 1 saturated heterocycles. The number of Topliss-reactive ketones (excluding diaryl/α,β-unsaturated/α-hetero) is 1. The van der Waals surface area contributed by atoms with E-state index in [0.717, 1.165) is 38.6 Å². The highest BCUT2D eigenvalue weighted by molar-refractivity contribution is 5.84. The highest BCUT2D eigenvalue weighted by atomic mass is 16.5. The second kappa shape index (κ2) is 7.01. The Hall–Kier alpha value is -0.940. The van der Waals surface area contributed by atoms with E-state index in [4.69, 9.17) is 4.74 Å². The van der Waals surface area contributed by atoms with E-state index in [0.29, 0.717) is 31.5 Å². The Kier molecular flexibility index (Phi) is 5.34. The zero-order valence-corrected chi connectivity index (χ0v) is 11.7. The molecule has 1 aliphatic heterocycles. The molecule has 0 aromatic rings. The topological polar surface area (TPSA) is 58.6 Å². The highest BCUT2D eigenvalue weighted by Gasteiger charge is 2.38. The molecule has 5 heteroatoms. The van der Waals surface area contributed by atoms with Gasteiger partial charge in [-0.05, 0) is 32.2 Å². The van der Waals surface area contributed by atoms with Crippen LogP contribution in [0.2, 0.25) is 0 Å². The molecule has 1 amide bonds. The number of carbonyl (C=O) groups is 2. The third-order valence-corrected chi connectivity index (χ3v) is 4.21. The van der Waals surface area contributed by atoms with Crippen LogP contribution in [0.1, 0.15) is 32.1 Å². The van der Waals surface area contributed by atoms with Crippen molar-refractivity contribution in [1.29, 1.82) is 0 Å². The van der Waals surface area contributed by atoms with Gasteiger partial charge in [0.1, 0.15) is 5.78 Å². The number of ether oxygens (including phenoxy) is 1. The SMILES string of the molecule is COCCNC(=O)CN1CCCC1C1CCCC1=O. The summed E-state index contributed by atoms with van der Waals surface area (Å²) in [4.78, 5) is 25.9. The van der Waals surface area contributed by atoms with Crippen molar-refractivity contribution in [2.24, 2.45) is 5.92 Å². The summed E-state index contributed by atoms with van der Waals surface area (Å²) < 4.78 is 4.91. The first-order valence-corrected chi connectivity index (χ1v) is 7.24. The van der Waals surface area contributed by atoms with Crippen molar-refractivity contribution in [3.63, 3.8) is 0 Å². The molecule has 19 heavy (non-hydrogen) atoms. The molecule has 0 aromatic heterocycles. The molecule has 2 fully saturated rings. The van der Waals surface area contributed by atoms with Crippen molar-refractivity contribution < 1.29 is 14.3 Å². The molecule has 1 heterocycles. The molecule has 0 aromatic carbocycles. The third-order valence-electron chi connectivity index (χ3n) is 4.21. The maximum Gasteiger partial charge on any atom is 0.234 e. The van der Waals surface area contributed by atoms with Gasteiger partial charge in [0.15, 0.2) is 0 Å². The predicted octanol–water partition coefficient (Wildman–Crippen LogP) is 0.583. The Morgan fingerprint density at radius 1 is 1.42 bits per heavy atom. The van der Waals surface area contributed by atoms with Crippen LogP contribution in [0.15, 0.2) is 0 Å². The van der Waals surface area contributed by atoms with Crippen LogP contribution in [0.3, 0.4) is 0 Å². The number of nitrogens with one attached hydrogen (secondary N) is 1. The molecule has 0 bridgehead atoms. The van der Waals surface area contributed by atoms with E-state index in [2.05, 4.69) is 10.2 Å². The van der Waals surface area contributed by atoms with Gasteiger partial charge in [0.25, 0.3) is 0 Å². The number of methoxy groups -OCH3 is 1. The van der Waals surface area contributed by atoms with Gasteiger partial charge < -0.3 is 10.1 Å². The summed E-state index contributed by atoms with van der Waals surface area (Å²) in [6.07, 6.45) is 4.91. The second-order valence-corrected chi connectivity index (χ2v) is 5.49. The number of hydrogen-bond acceptors (Lipinski definition) is 4. The number of likely N-dealkylation sites (tertiary alicyclic amines) is 1. The quantitative estimate of drug-likeness (QED) is 0.716. The summed E-state index contributed by atoms with van der Waals surface area (Å²) in [6, 6.07) is 0.295. The summed E-state index contributed by atoms with van der Waals surface area (Å²) in [5, 5.41) is 2.84. The van der Waals surface area contributed by atoms with E-state index in [1.807, 2.05) is 0 Å². The number of nitrogens with zero attached hydrogens (tertiary/aromatic N) is 1. The standard InChI is InChI=1S/C14H24N2O3/c1-19-9-7-15-14(18)10-16-8-3-5-12(16)11-4-2-6-13(11)17/h11-12H,2-10H2,1H3,(H,15,18). The minimum absolute atomic E-state index is 0.0365. The average Bonchev–Trinajstić information content (AvgIpc) is 2.98. The van der Waals surface area contributed by atoms with Gasteiger partial charge in [-0.1, -0.05) is 0 Å². The zero-order chi connectivity index (χ0) is 13.7. The van der Waals surface area contributed by atoms with Crippen LogP contribution in [0.25, 0.3) is 0 Å². The lowest BCUT2D eigenvalue weighted by atomic mass is 9.95. The maximum absolute atomic E-state index is 11.9. The average molecular weight is 268 g/mol. The lowest BCUT2D eigenvalue weighted by Crippen LogP contribution is -2.44. The van der Waals surface area contributed by atoms with Crippen molar-refractivity contribution in [1.82, 2.24) is 10.2 Å². The van der Waals surface area contributed by atoms with Crippen molar-refractivity contribution in [3.8, 4) is 0 Å². The van der Waals surface area contributed by atoms with Gasteiger partial charge in [0, 0.05) is 32.0 Å². The van der Waals surface area contributed by atoms with E-state index >= 15 is 0 Å². The largest absolute Gasteiger partial charge is 0.383 e. The van der Waals surface area contributed by atoms with Crippen LogP contribution >= 0.6 is 0 Å². The van der Waals surface area contributed by atoms with Crippen LogP contribution in [0, 0.1) is 5.92 Å².